The second-order valence-corrected chi connectivity index (χ2v) is 3.83. The number of benzene rings is 1. The Morgan fingerprint density at radius 1 is 1.36 bits per heavy atom. The summed E-state index contributed by atoms with van der Waals surface area (Å²) >= 11 is 4.51. The maximum atomic E-state index is 12.6. The zero-order valence-electron chi connectivity index (χ0n) is 5.04. The molecule has 11 heavy (non-hydrogen) atoms. The molecule has 0 saturated carbocycles. The van der Waals surface area contributed by atoms with Crippen molar-refractivity contribution < 1.29 is 13.9 Å². The fourth-order valence-electron chi connectivity index (χ4n) is 0.557. The normalized spacial score (nSPS) is 10.2. The maximum Gasteiger partial charge on any atom is 0.202 e. The van der Waals surface area contributed by atoms with Crippen LogP contribution in [-0.2, 0) is 0 Å². The first-order chi connectivity index (χ1) is 5.04. The molecule has 0 aromatic heterocycles. The molecule has 1 nitrogen and oxygen atoms in total. The molecule has 0 atom stereocenters. The highest BCUT2D eigenvalue weighted by Gasteiger charge is 2.14. The van der Waals surface area contributed by atoms with E-state index in [0.29, 0.717) is 0 Å². The van der Waals surface area contributed by atoms with E-state index in [1.54, 1.807) is 22.6 Å². The number of phenols is 1. The van der Waals surface area contributed by atoms with Crippen LogP contribution in [0.4, 0.5) is 8.78 Å². The van der Waals surface area contributed by atoms with Gasteiger partial charge < -0.3 is 5.11 Å². The summed E-state index contributed by atoms with van der Waals surface area (Å²) in [7, 11) is 0. The van der Waals surface area contributed by atoms with Gasteiger partial charge in [0.15, 0.2) is 11.6 Å². The van der Waals surface area contributed by atoms with E-state index in [1.165, 1.54) is 6.07 Å². The summed E-state index contributed by atoms with van der Waals surface area (Å²) < 4.78 is 25.5. The fourth-order valence-corrected chi connectivity index (χ4v) is 1.94. The Morgan fingerprint density at radius 2 is 1.91 bits per heavy atom. The van der Waals surface area contributed by atoms with Crippen LogP contribution in [-0.4, -0.2) is 5.11 Å². The van der Waals surface area contributed by atoms with Crippen molar-refractivity contribution in [1.82, 2.24) is 0 Å². The Kier molecular flexibility index (Phi) is 2.69. The van der Waals surface area contributed by atoms with Gasteiger partial charge in [-0.15, -0.1) is 0 Å². The van der Waals surface area contributed by atoms with Gasteiger partial charge in [0, 0.05) is 0 Å². The molecule has 0 aliphatic rings. The minimum absolute atomic E-state index is 0.0113. The molecule has 0 fully saturated rings. The number of aromatic hydroxyl groups is 1. The zero-order chi connectivity index (χ0) is 8.59. The average molecular weight is 335 g/mol. The highest BCUT2D eigenvalue weighted by atomic mass is 127. The molecule has 1 rings (SSSR count). The lowest BCUT2D eigenvalue weighted by molar-refractivity contribution is 0.402. The molecule has 0 radical (unpaired) electrons. The van der Waals surface area contributed by atoms with E-state index in [-0.39, 0.29) is 8.04 Å². The van der Waals surface area contributed by atoms with Gasteiger partial charge in [-0.1, -0.05) is 0 Å². The standard InChI is InChI=1S/C6H2BrF2IO/c7-2-1-3(10)6(11)5(9)4(2)8/h1,11H. The van der Waals surface area contributed by atoms with Gasteiger partial charge in [0.05, 0.1) is 8.04 Å². The molecule has 0 aliphatic heterocycles. The van der Waals surface area contributed by atoms with Crippen molar-refractivity contribution in [3.8, 4) is 5.75 Å². The number of phenolic OH excluding ortho intramolecular Hbond substituents is 1. The van der Waals surface area contributed by atoms with E-state index < -0.39 is 17.4 Å². The predicted molar refractivity (Wildman–Crippen MR) is 48.4 cm³/mol. The smallest absolute Gasteiger partial charge is 0.202 e. The summed E-state index contributed by atoms with van der Waals surface area (Å²) in [5, 5.41) is 8.87. The zero-order valence-corrected chi connectivity index (χ0v) is 8.78. The summed E-state index contributed by atoms with van der Waals surface area (Å²) in [5.41, 5.74) is 0. The van der Waals surface area contributed by atoms with Crippen LogP contribution in [0.25, 0.3) is 0 Å². The van der Waals surface area contributed by atoms with Crippen LogP contribution in [0.5, 0.6) is 5.75 Å². The van der Waals surface area contributed by atoms with Crippen molar-refractivity contribution >= 4 is 38.5 Å². The molecule has 0 spiro atoms. The third-order valence-electron chi connectivity index (χ3n) is 1.09. The first-order valence-corrected chi connectivity index (χ1v) is 4.43. The Balaban J connectivity index is 3.46. The van der Waals surface area contributed by atoms with Crippen LogP contribution in [0, 0.1) is 15.2 Å². The molecule has 0 aliphatic carbocycles. The molecular weight excluding hydrogens is 333 g/mol. The lowest BCUT2D eigenvalue weighted by Gasteiger charge is -2.00. The van der Waals surface area contributed by atoms with E-state index in [2.05, 4.69) is 15.9 Å². The maximum absolute atomic E-state index is 12.6. The van der Waals surface area contributed by atoms with Crippen molar-refractivity contribution in [3.63, 3.8) is 0 Å². The second-order valence-electron chi connectivity index (χ2n) is 1.82. The Labute approximate surface area is 83.7 Å². The first-order valence-electron chi connectivity index (χ1n) is 2.56. The molecule has 1 N–H and O–H groups in total. The quantitative estimate of drug-likeness (QED) is 0.439. The molecule has 5 heteroatoms. The molecule has 0 unspecified atom stereocenters. The van der Waals surface area contributed by atoms with E-state index in [4.69, 9.17) is 5.11 Å². The van der Waals surface area contributed by atoms with Gasteiger partial charge in [0.1, 0.15) is 0 Å². The highest BCUT2D eigenvalue weighted by molar-refractivity contribution is 14.1. The molecule has 60 valence electrons. The van der Waals surface area contributed by atoms with Gasteiger partial charge in [-0.05, 0) is 44.6 Å². The molecule has 1 aromatic rings. The van der Waals surface area contributed by atoms with Crippen molar-refractivity contribution in [2.75, 3.05) is 0 Å². The van der Waals surface area contributed by atoms with Crippen molar-refractivity contribution in [1.29, 1.82) is 0 Å². The third kappa shape index (κ3) is 1.64. The Bertz CT molecular complexity index is 277. The van der Waals surface area contributed by atoms with E-state index >= 15 is 0 Å². The lowest BCUT2D eigenvalue weighted by atomic mass is 10.3. The Morgan fingerprint density at radius 3 is 2.45 bits per heavy atom. The summed E-state index contributed by atoms with van der Waals surface area (Å²) in [4.78, 5) is 0. The molecule has 0 heterocycles. The van der Waals surface area contributed by atoms with Crippen LogP contribution < -0.4 is 0 Å². The van der Waals surface area contributed by atoms with Gasteiger partial charge in [-0.2, -0.15) is 4.39 Å². The monoisotopic (exact) mass is 334 g/mol. The van der Waals surface area contributed by atoms with E-state index in [9.17, 15) is 8.78 Å². The van der Waals surface area contributed by atoms with Gasteiger partial charge in [-0.3, -0.25) is 0 Å². The largest absolute Gasteiger partial charge is 0.504 e. The SMILES string of the molecule is Oc1c(I)cc(Br)c(F)c1F. The number of hydrogen-bond donors (Lipinski definition) is 1. The van der Waals surface area contributed by atoms with Gasteiger partial charge >= 0.3 is 0 Å². The van der Waals surface area contributed by atoms with Crippen molar-refractivity contribution in [2.45, 2.75) is 0 Å². The third-order valence-corrected chi connectivity index (χ3v) is 2.49. The van der Waals surface area contributed by atoms with Crippen molar-refractivity contribution in [2.24, 2.45) is 0 Å². The van der Waals surface area contributed by atoms with E-state index in [1.807, 2.05) is 0 Å². The van der Waals surface area contributed by atoms with Crippen molar-refractivity contribution in [3.05, 3.63) is 25.7 Å². The van der Waals surface area contributed by atoms with Gasteiger partial charge in [-0.25, -0.2) is 4.39 Å². The van der Waals surface area contributed by atoms with Crippen LogP contribution >= 0.6 is 38.5 Å². The number of rotatable bonds is 0. The van der Waals surface area contributed by atoms with Crippen LogP contribution in [0.3, 0.4) is 0 Å². The summed E-state index contributed by atoms with van der Waals surface area (Å²) in [5.74, 6) is -2.93. The predicted octanol–water partition coefficient (Wildman–Crippen LogP) is 3.04. The number of halogens is 4. The minimum Gasteiger partial charge on any atom is -0.504 e. The lowest BCUT2D eigenvalue weighted by Crippen LogP contribution is -1.88. The highest BCUT2D eigenvalue weighted by Crippen LogP contribution is 2.30. The minimum atomic E-state index is -1.22. The van der Waals surface area contributed by atoms with Gasteiger partial charge in [0.2, 0.25) is 5.82 Å². The molecule has 1 aromatic carbocycles. The topological polar surface area (TPSA) is 20.2 Å². The molecule has 0 saturated heterocycles. The van der Waals surface area contributed by atoms with Crippen LogP contribution in [0.15, 0.2) is 10.5 Å². The summed E-state index contributed by atoms with van der Waals surface area (Å²) in [6, 6.07) is 1.30. The summed E-state index contributed by atoms with van der Waals surface area (Å²) in [6.45, 7) is 0. The second kappa shape index (κ2) is 3.22. The molecular formula is C6H2BrF2IO. The fraction of sp³-hybridized carbons (Fsp3) is 0. The number of hydrogen-bond acceptors (Lipinski definition) is 1. The van der Waals surface area contributed by atoms with Gasteiger partial charge in [0.25, 0.3) is 0 Å². The van der Waals surface area contributed by atoms with Crippen LogP contribution in [0.2, 0.25) is 0 Å². The summed E-state index contributed by atoms with van der Waals surface area (Å²) in [6.07, 6.45) is 0. The average Bonchev–Trinajstić information content (AvgIpc) is 1.97. The Hall–Kier alpha value is 0.0900. The molecule has 0 amide bonds. The first kappa shape index (κ1) is 9.18. The molecule has 0 bridgehead atoms. The van der Waals surface area contributed by atoms with Crippen LogP contribution in [0.1, 0.15) is 0 Å². The van der Waals surface area contributed by atoms with E-state index in [0.717, 1.165) is 0 Å².